The van der Waals surface area contributed by atoms with Gasteiger partial charge in [-0.3, -0.25) is 4.68 Å². The Balaban J connectivity index is 2.55. The van der Waals surface area contributed by atoms with E-state index in [1.165, 1.54) is 10.9 Å². The van der Waals surface area contributed by atoms with Crippen LogP contribution in [0.4, 0.5) is 0 Å². The van der Waals surface area contributed by atoms with Crippen LogP contribution >= 0.6 is 27.5 Å². The minimum Gasteiger partial charge on any atom is -0.480 e. The monoisotopic (exact) mass is 329 g/mol. The van der Waals surface area contributed by atoms with Crippen molar-refractivity contribution in [2.45, 2.75) is 13.0 Å². The summed E-state index contributed by atoms with van der Waals surface area (Å²) in [6.07, 6.45) is 3.11. The summed E-state index contributed by atoms with van der Waals surface area (Å²) in [6, 6.07) is 2.71. The summed E-state index contributed by atoms with van der Waals surface area (Å²) < 4.78 is 2.16. The summed E-state index contributed by atoms with van der Waals surface area (Å²) in [5, 5.41) is 13.4. The summed E-state index contributed by atoms with van der Waals surface area (Å²) in [7, 11) is 0. The zero-order valence-electron chi connectivity index (χ0n) is 9.34. The highest BCUT2D eigenvalue weighted by molar-refractivity contribution is 9.10. The molecule has 0 radical (unpaired) electrons. The highest BCUT2D eigenvalue weighted by atomic mass is 79.9. The molecule has 0 aromatic carbocycles. The molecule has 0 saturated heterocycles. The van der Waals surface area contributed by atoms with E-state index in [-0.39, 0.29) is 0 Å². The van der Waals surface area contributed by atoms with Crippen LogP contribution in [0.3, 0.4) is 0 Å². The number of aromatic nitrogens is 3. The van der Waals surface area contributed by atoms with Crippen LogP contribution in [-0.2, 0) is 4.79 Å². The fourth-order valence-corrected chi connectivity index (χ4v) is 2.07. The van der Waals surface area contributed by atoms with Gasteiger partial charge >= 0.3 is 5.97 Å². The van der Waals surface area contributed by atoms with E-state index in [4.69, 9.17) is 16.7 Å². The van der Waals surface area contributed by atoms with E-state index >= 15 is 0 Å². The van der Waals surface area contributed by atoms with Gasteiger partial charge in [-0.25, -0.2) is 9.78 Å². The third kappa shape index (κ3) is 2.39. The molecule has 2 rings (SSSR count). The van der Waals surface area contributed by atoms with Crippen molar-refractivity contribution in [3.05, 3.63) is 34.2 Å². The lowest BCUT2D eigenvalue weighted by molar-refractivity contribution is -0.140. The zero-order chi connectivity index (χ0) is 13.3. The highest BCUT2D eigenvalue weighted by Gasteiger charge is 2.19. The molecule has 0 saturated carbocycles. The molecule has 0 bridgehead atoms. The summed E-state index contributed by atoms with van der Waals surface area (Å²) in [5.41, 5.74) is 1.25. The Labute approximate surface area is 117 Å². The van der Waals surface area contributed by atoms with Gasteiger partial charge < -0.3 is 5.11 Å². The Bertz CT molecular complexity index is 600. The van der Waals surface area contributed by atoms with Crippen LogP contribution in [0.5, 0.6) is 0 Å². The first-order chi connectivity index (χ1) is 8.50. The van der Waals surface area contributed by atoms with Crippen LogP contribution in [0.1, 0.15) is 13.0 Å². The van der Waals surface area contributed by atoms with Crippen LogP contribution in [0.25, 0.3) is 11.3 Å². The number of halogens is 2. The summed E-state index contributed by atoms with van der Waals surface area (Å²) in [4.78, 5) is 15.0. The predicted molar refractivity (Wildman–Crippen MR) is 70.5 cm³/mol. The zero-order valence-corrected chi connectivity index (χ0v) is 11.7. The largest absolute Gasteiger partial charge is 0.480 e. The molecule has 0 aliphatic rings. The number of rotatable bonds is 3. The maximum absolute atomic E-state index is 11.0. The van der Waals surface area contributed by atoms with Gasteiger partial charge in [-0.2, -0.15) is 5.10 Å². The lowest BCUT2D eigenvalue weighted by Crippen LogP contribution is -2.17. The number of carbonyl (C=O) groups is 1. The molecule has 2 heterocycles. The van der Waals surface area contributed by atoms with Gasteiger partial charge in [0.1, 0.15) is 11.2 Å². The topological polar surface area (TPSA) is 68.0 Å². The predicted octanol–water partition coefficient (Wildman–Crippen LogP) is 3.01. The Morgan fingerprint density at radius 3 is 3.00 bits per heavy atom. The van der Waals surface area contributed by atoms with E-state index in [0.29, 0.717) is 16.4 Å². The van der Waals surface area contributed by atoms with Gasteiger partial charge in [-0.1, -0.05) is 11.6 Å². The fourth-order valence-electron chi connectivity index (χ4n) is 1.54. The standard InChI is InChI=1S/C11H9BrClN3O2/c1-6(11(17)18)16-9(2-3-15-16)8-4-7(12)5-14-10(8)13/h2-6H,1H3,(H,17,18)/t6-/m0/s1. The molecular weight excluding hydrogens is 321 g/mol. The molecule has 18 heavy (non-hydrogen) atoms. The lowest BCUT2D eigenvalue weighted by Gasteiger charge is -2.12. The van der Waals surface area contributed by atoms with Gasteiger partial charge in [-0.05, 0) is 35.0 Å². The van der Waals surface area contributed by atoms with E-state index < -0.39 is 12.0 Å². The number of aliphatic carboxylic acids is 1. The molecule has 2 aromatic rings. The summed E-state index contributed by atoms with van der Waals surface area (Å²) >= 11 is 9.33. The van der Waals surface area contributed by atoms with Gasteiger partial charge in [0.15, 0.2) is 0 Å². The first-order valence-electron chi connectivity index (χ1n) is 5.08. The van der Waals surface area contributed by atoms with Crippen LogP contribution in [0.15, 0.2) is 29.0 Å². The quantitative estimate of drug-likeness (QED) is 0.878. The van der Waals surface area contributed by atoms with Crippen molar-refractivity contribution in [1.82, 2.24) is 14.8 Å². The van der Waals surface area contributed by atoms with Crippen molar-refractivity contribution in [2.75, 3.05) is 0 Å². The van der Waals surface area contributed by atoms with Crippen LogP contribution in [0.2, 0.25) is 5.15 Å². The van der Waals surface area contributed by atoms with Crippen LogP contribution in [0, 0.1) is 0 Å². The molecule has 7 heteroatoms. The number of carboxylic acid groups (broad SMARTS) is 1. The van der Waals surface area contributed by atoms with E-state index in [0.717, 1.165) is 4.47 Å². The number of pyridine rings is 1. The average Bonchev–Trinajstić information content (AvgIpc) is 2.80. The Morgan fingerprint density at radius 1 is 1.61 bits per heavy atom. The lowest BCUT2D eigenvalue weighted by atomic mass is 10.2. The Kier molecular flexibility index (Phi) is 3.68. The normalized spacial score (nSPS) is 12.4. The Morgan fingerprint density at radius 2 is 2.33 bits per heavy atom. The van der Waals surface area contributed by atoms with Gasteiger partial charge in [-0.15, -0.1) is 0 Å². The molecule has 2 aromatic heterocycles. The molecular formula is C11H9BrClN3O2. The second-order valence-electron chi connectivity index (χ2n) is 3.67. The van der Waals surface area contributed by atoms with E-state index in [2.05, 4.69) is 26.0 Å². The second-order valence-corrected chi connectivity index (χ2v) is 4.94. The average molecular weight is 331 g/mol. The van der Waals surface area contributed by atoms with Crippen LogP contribution < -0.4 is 0 Å². The third-order valence-electron chi connectivity index (χ3n) is 2.48. The highest BCUT2D eigenvalue weighted by Crippen LogP contribution is 2.30. The van der Waals surface area contributed by atoms with E-state index in [9.17, 15) is 4.79 Å². The van der Waals surface area contributed by atoms with Gasteiger partial charge in [0, 0.05) is 22.4 Å². The van der Waals surface area contributed by atoms with Crippen molar-refractivity contribution in [2.24, 2.45) is 0 Å². The summed E-state index contributed by atoms with van der Waals surface area (Å²) in [6.45, 7) is 1.55. The number of hydrogen-bond acceptors (Lipinski definition) is 3. The van der Waals surface area contributed by atoms with Crippen LogP contribution in [-0.4, -0.2) is 25.8 Å². The molecule has 0 spiro atoms. The van der Waals surface area contributed by atoms with Crippen molar-refractivity contribution in [1.29, 1.82) is 0 Å². The SMILES string of the molecule is C[C@@H](C(=O)O)n1nccc1-c1cc(Br)cnc1Cl. The fraction of sp³-hybridized carbons (Fsp3) is 0.182. The van der Waals surface area contributed by atoms with Gasteiger partial charge in [0.25, 0.3) is 0 Å². The second kappa shape index (κ2) is 5.07. The molecule has 5 nitrogen and oxygen atoms in total. The smallest absolute Gasteiger partial charge is 0.328 e. The molecule has 0 fully saturated rings. The minimum atomic E-state index is -0.959. The number of carboxylic acids is 1. The van der Waals surface area contributed by atoms with Crippen molar-refractivity contribution in [3.8, 4) is 11.3 Å². The molecule has 0 amide bonds. The first-order valence-corrected chi connectivity index (χ1v) is 6.25. The van der Waals surface area contributed by atoms with E-state index in [1.807, 2.05) is 0 Å². The third-order valence-corrected chi connectivity index (χ3v) is 3.21. The van der Waals surface area contributed by atoms with Crippen molar-refractivity contribution >= 4 is 33.5 Å². The maximum atomic E-state index is 11.0. The number of nitrogens with zero attached hydrogens (tertiary/aromatic N) is 3. The Hall–Kier alpha value is -1.40. The molecule has 1 atom stereocenters. The number of hydrogen-bond donors (Lipinski definition) is 1. The van der Waals surface area contributed by atoms with Gasteiger partial charge in [0.05, 0.1) is 5.69 Å². The molecule has 0 unspecified atom stereocenters. The van der Waals surface area contributed by atoms with Gasteiger partial charge in [0.2, 0.25) is 0 Å². The van der Waals surface area contributed by atoms with Crippen molar-refractivity contribution in [3.63, 3.8) is 0 Å². The van der Waals surface area contributed by atoms with E-state index in [1.54, 1.807) is 25.3 Å². The maximum Gasteiger partial charge on any atom is 0.328 e. The molecule has 0 aliphatic heterocycles. The minimum absolute atomic E-state index is 0.303. The molecule has 0 aliphatic carbocycles. The molecule has 1 N–H and O–H groups in total. The summed E-state index contributed by atoms with van der Waals surface area (Å²) in [5.74, 6) is -0.959. The first kappa shape index (κ1) is 13.0. The molecule has 94 valence electrons. The van der Waals surface area contributed by atoms with Crippen molar-refractivity contribution < 1.29 is 9.90 Å².